The summed E-state index contributed by atoms with van der Waals surface area (Å²) in [5, 5.41) is 8.12. The first-order valence-electron chi connectivity index (χ1n) is 6.04. The summed E-state index contributed by atoms with van der Waals surface area (Å²) in [6, 6.07) is 1.51. The second-order valence-electron chi connectivity index (χ2n) is 4.73. The monoisotopic (exact) mass is 271 g/mol. The molecule has 7 nitrogen and oxygen atoms in total. The number of rotatable bonds is 2. The van der Waals surface area contributed by atoms with Crippen LogP contribution in [0.5, 0.6) is 0 Å². The van der Waals surface area contributed by atoms with Crippen LogP contribution in [0.15, 0.2) is 27.9 Å². The fourth-order valence-corrected chi connectivity index (χ4v) is 2.08. The SMILES string of the molecule is CN(C)C=Cc1nc2nonc2c2c1c(=O)ccn2C. The summed E-state index contributed by atoms with van der Waals surface area (Å²) < 4.78 is 6.55. The summed E-state index contributed by atoms with van der Waals surface area (Å²) in [7, 11) is 5.63. The third-order valence-corrected chi connectivity index (χ3v) is 2.99. The summed E-state index contributed by atoms with van der Waals surface area (Å²) >= 11 is 0. The highest BCUT2D eigenvalue weighted by Crippen LogP contribution is 2.22. The van der Waals surface area contributed by atoms with Crippen molar-refractivity contribution >= 4 is 28.1 Å². The number of hydrogen-bond donors (Lipinski definition) is 0. The zero-order valence-electron chi connectivity index (χ0n) is 11.4. The number of aromatic nitrogens is 4. The van der Waals surface area contributed by atoms with Gasteiger partial charge in [0.25, 0.3) is 0 Å². The Balaban J connectivity index is 2.49. The van der Waals surface area contributed by atoms with Crippen molar-refractivity contribution in [3.63, 3.8) is 0 Å². The normalized spacial score (nSPS) is 11.8. The molecule has 7 heteroatoms. The van der Waals surface area contributed by atoms with Gasteiger partial charge >= 0.3 is 0 Å². The Morgan fingerprint density at radius 1 is 1.35 bits per heavy atom. The Bertz CT molecular complexity index is 875. The van der Waals surface area contributed by atoms with Crippen molar-refractivity contribution in [3.8, 4) is 0 Å². The summed E-state index contributed by atoms with van der Waals surface area (Å²) in [4.78, 5) is 18.4. The average Bonchev–Trinajstić information content (AvgIpc) is 2.87. The summed E-state index contributed by atoms with van der Waals surface area (Å²) in [5.41, 5.74) is 1.99. The van der Waals surface area contributed by atoms with Crippen molar-refractivity contribution in [1.82, 2.24) is 24.8 Å². The molecule has 0 fully saturated rings. The van der Waals surface area contributed by atoms with E-state index < -0.39 is 0 Å². The van der Waals surface area contributed by atoms with Crippen molar-refractivity contribution in [2.45, 2.75) is 0 Å². The van der Waals surface area contributed by atoms with Crippen molar-refractivity contribution < 1.29 is 4.63 Å². The van der Waals surface area contributed by atoms with Gasteiger partial charge in [0.15, 0.2) is 10.9 Å². The summed E-state index contributed by atoms with van der Waals surface area (Å²) in [6.45, 7) is 0. The molecule has 20 heavy (non-hydrogen) atoms. The van der Waals surface area contributed by atoms with Crippen LogP contribution in [0.2, 0.25) is 0 Å². The van der Waals surface area contributed by atoms with Crippen LogP contribution in [-0.4, -0.2) is 38.9 Å². The Kier molecular flexibility index (Phi) is 2.74. The minimum atomic E-state index is -0.103. The third kappa shape index (κ3) is 1.83. The maximum Gasteiger partial charge on any atom is 0.226 e. The van der Waals surface area contributed by atoms with Gasteiger partial charge in [-0.05, 0) is 16.4 Å². The van der Waals surface area contributed by atoms with E-state index in [2.05, 4.69) is 15.3 Å². The zero-order chi connectivity index (χ0) is 14.3. The van der Waals surface area contributed by atoms with Crippen LogP contribution in [0.1, 0.15) is 5.69 Å². The summed E-state index contributed by atoms with van der Waals surface area (Å²) in [5.74, 6) is 0. The van der Waals surface area contributed by atoms with Crippen molar-refractivity contribution in [2.24, 2.45) is 7.05 Å². The minimum Gasteiger partial charge on any atom is -0.383 e. The first-order valence-corrected chi connectivity index (χ1v) is 6.04. The van der Waals surface area contributed by atoms with Gasteiger partial charge in [0, 0.05) is 39.6 Å². The molecule has 0 N–H and O–H groups in total. The standard InChI is InChI=1S/C13H13N5O2/c1-17(2)6-4-8-10-9(19)5-7-18(3)12(10)11-13(14-8)16-20-15-11/h4-7H,1-3H3. The molecule has 0 aliphatic rings. The van der Waals surface area contributed by atoms with Crippen LogP contribution in [0, 0.1) is 0 Å². The molecule has 0 saturated carbocycles. The van der Waals surface area contributed by atoms with Crippen LogP contribution < -0.4 is 5.43 Å². The highest BCUT2D eigenvalue weighted by atomic mass is 16.6. The van der Waals surface area contributed by atoms with Crippen LogP contribution in [0.25, 0.3) is 28.1 Å². The van der Waals surface area contributed by atoms with E-state index in [9.17, 15) is 4.79 Å². The van der Waals surface area contributed by atoms with Gasteiger partial charge in [0.2, 0.25) is 5.65 Å². The first kappa shape index (κ1) is 12.3. The highest BCUT2D eigenvalue weighted by molar-refractivity contribution is 6.02. The third-order valence-electron chi connectivity index (χ3n) is 2.99. The van der Waals surface area contributed by atoms with E-state index in [-0.39, 0.29) is 5.43 Å². The lowest BCUT2D eigenvalue weighted by atomic mass is 10.1. The quantitative estimate of drug-likeness (QED) is 0.692. The Morgan fingerprint density at radius 3 is 2.90 bits per heavy atom. The lowest BCUT2D eigenvalue weighted by Gasteiger charge is -2.07. The van der Waals surface area contributed by atoms with E-state index in [0.29, 0.717) is 27.8 Å². The van der Waals surface area contributed by atoms with Crippen LogP contribution in [0.3, 0.4) is 0 Å². The Labute approximate surface area is 114 Å². The lowest BCUT2D eigenvalue weighted by molar-refractivity contribution is 0.315. The largest absolute Gasteiger partial charge is 0.383 e. The van der Waals surface area contributed by atoms with E-state index in [1.807, 2.05) is 36.8 Å². The predicted octanol–water partition coefficient (Wildman–Crippen LogP) is 1.00. The fourth-order valence-electron chi connectivity index (χ4n) is 2.08. The zero-order valence-corrected chi connectivity index (χ0v) is 11.4. The second-order valence-corrected chi connectivity index (χ2v) is 4.73. The first-order chi connectivity index (χ1) is 9.58. The van der Waals surface area contributed by atoms with E-state index in [0.717, 1.165) is 0 Å². The van der Waals surface area contributed by atoms with Gasteiger partial charge in [-0.15, -0.1) is 0 Å². The van der Waals surface area contributed by atoms with Gasteiger partial charge in [-0.3, -0.25) is 4.79 Å². The van der Waals surface area contributed by atoms with Crippen LogP contribution in [-0.2, 0) is 7.05 Å². The minimum absolute atomic E-state index is 0.103. The van der Waals surface area contributed by atoms with Crippen molar-refractivity contribution in [1.29, 1.82) is 0 Å². The highest BCUT2D eigenvalue weighted by Gasteiger charge is 2.15. The van der Waals surface area contributed by atoms with E-state index in [1.54, 1.807) is 12.3 Å². The van der Waals surface area contributed by atoms with E-state index in [1.165, 1.54) is 6.07 Å². The van der Waals surface area contributed by atoms with Gasteiger partial charge in [-0.25, -0.2) is 9.61 Å². The number of pyridine rings is 2. The van der Waals surface area contributed by atoms with Crippen LogP contribution in [0.4, 0.5) is 0 Å². The van der Waals surface area contributed by atoms with Gasteiger partial charge in [0.05, 0.1) is 16.6 Å². The average molecular weight is 271 g/mol. The number of hydrogen-bond acceptors (Lipinski definition) is 6. The molecule has 102 valence electrons. The molecule has 3 heterocycles. The van der Waals surface area contributed by atoms with Crippen molar-refractivity contribution in [3.05, 3.63) is 34.4 Å². The molecule has 3 aromatic rings. The molecule has 0 aliphatic heterocycles. The molecule has 0 atom stereocenters. The number of fused-ring (bicyclic) bond motifs is 3. The summed E-state index contributed by atoms with van der Waals surface area (Å²) in [6.07, 6.45) is 5.30. The molecule has 3 aromatic heterocycles. The molecule has 0 bridgehead atoms. The molecule has 0 unspecified atom stereocenters. The fraction of sp³-hybridized carbons (Fsp3) is 0.231. The van der Waals surface area contributed by atoms with E-state index in [4.69, 9.17) is 4.63 Å². The Morgan fingerprint density at radius 2 is 2.15 bits per heavy atom. The molecule has 0 amide bonds. The molecule has 3 rings (SSSR count). The number of nitrogens with zero attached hydrogens (tertiary/aromatic N) is 5. The molecule has 0 saturated heterocycles. The van der Waals surface area contributed by atoms with E-state index >= 15 is 0 Å². The maximum absolute atomic E-state index is 12.2. The number of aryl methyl sites for hydroxylation is 1. The Hall–Kier alpha value is -2.70. The van der Waals surface area contributed by atoms with Gasteiger partial charge < -0.3 is 9.47 Å². The molecule has 0 radical (unpaired) electrons. The molecule has 0 aromatic carbocycles. The van der Waals surface area contributed by atoms with Crippen molar-refractivity contribution in [2.75, 3.05) is 14.1 Å². The lowest BCUT2D eigenvalue weighted by Crippen LogP contribution is -2.09. The molecule has 0 spiro atoms. The topological polar surface area (TPSA) is 77.1 Å². The smallest absolute Gasteiger partial charge is 0.226 e. The second kappa shape index (κ2) is 4.44. The molecular weight excluding hydrogens is 258 g/mol. The maximum atomic E-state index is 12.2. The van der Waals surface area contributed by atoms with Gasteiger partial charge in [-0.2, -0.15) is 0 Å². The van der Waals surface area contributed by atoms with Gasteiger partial charge in [0.1, 0.15) is 0 Å². The van der Waals surface area contributed by atoms with Crippen LogP contribution >= 0.6 is 0 Å². The van der Waals surface area contributed by atoms with Gasteiger partial charge in [-0.1, -0.05) is 0 Å². The molecular formula is C13H13N5O2. The molecule has 0 aliphatic carbocycles. The predicted molar refractivity (Wildman–Crippen MR) is 75.1 cm³/mol.